The quantitative estimate of drug-likeness (QED) is 0.774. The van der Waals surface area contributed by atoms with Crippen molar-refractivity contribution in [3.63, 3.8) is 0 Å². The van der Waals surface area contributed by atoms with Gasteiger partial charge in [-0.2, -0.15) is 0 Å². The van der Waals surface area contributed by atoms with Crippen LogP contribution in [0.3, 0.4) is 0 Å². The number of anilines is 1. The van der Waals surface area contributed by atoms with E-state index in [0.29, 0.717) is 19.4 Å². The van der Waals surface area contributed by atoms with E-state index in [4.69, 9.17) is 0 Å². The molecule has 7 heteroatoms. The molecule has 1 unspecified atom stereocenters. The molecule has 0 radical (unpaired) electrons. The van der Waals surface area contributed by atoms with Gasteiger partial charge in [0.05, 0.1) is 11.5 Å². The first-order valence-corrected chi connectivity index (χ1v) is 10.8. The van der Waals surface area contributed by atoms with E-state index in [-0.39, 0.29) is 23.5 Å². The van der Waals surface area contributed by atoms with Gasteiger partial charge in [0.25, 0.3) is 0 Å². The fourth-order valence-corrected chi connectivity index (χ4v) is 5.39. The third-order valence-corrected chi connectivity index (χ3v) is 7.01. The van der Waals surface area contributed by atoms with Gasteiger partial charge in [0, 0.05) is 50.9 Å². The number of hydrogen-bond donors (Lipinski definition) is 0. The molecule has 1 amide bonds. The smallest absolute Gasteiger partial charge is 0.223 e. The zero-order valence-corrected chi connectivity index (χ0v) is 15.6. The lowest BCUT2D eigenvalue weighted by atomic mass is 10.2. The zero-order chi connectivity index (χ0) is 17.9. The molecule has 2 aliphatic heterocycles. The molecule has 6 nitrogen and oxygen atoms in total. The van der Waals surface area contributed by atoms with Crippen LogP contribution in [0.2, 0.25) is 0 Å². The molecule has 0 aromatic heterocycles. The van der Waals surface area contributed by atoms with E-state index in [1.165, 1.54) is 5.69 Å². The van der Waals surface area contributed by atoms with Crippen LogP contribution in [-0.2, 0) is 14.6 Å². The summed E-state index contributed by atoms with van der Waals surface area (Å²) in [7, 11) is -0.952. The Labute approximate surface area is 150 Å². The van der Waals surface area contributed by atoms with Crippen LogP contribution in [0.5, 0.6) is 0 Å². The van der Waals surface area contributed by atoms with Crippen LogP contribution in [0.25, 0.3) is 0 Å². The van der Waals surface area contributed by atoms with Crippen LogP contribution in [0.15, 0.2) is 30.3 Å². The Morgan fingerprint density at radius 2 is 1.84 bits per heavy atom. The lowest BCUT2D eigenvalue weighted by Gasteiger charge is -2.36. The van der Waals surface area contributed by atoms with Crippen LogP contribution in [0, 0.1) is 0 Å². The van der Waals surface area contributed by atoms with E-state index < -0.39 is 9.84 Å². The first-order valence-electron chi connectivity index (χ1n) is 8.93. The van der Waals surface area contributed by atoms with Crippen LogP contribution in [-0.4, -0.2) is 81.4 Å². The van der Waals surface area contributed by atoms with Crippen molar-refractivity contribution < 1.29 is 13.2 Å². The van der Waals surface area contributed by atoms with Gasteiger partial charge in [-0.15, -0.1) is 0 Å². The van der Waals surface area contributed by atoms with Gasteiger partial charge in [0.1, 0.15) is 0 Å². The SMILES string of the molecule is CN(CCC(=O)N1CCN(c2ccccc2)CC1)C1CCS(=O)(=O)C1. The number of nitrogens with zero attached hydrogens (tertiary/aromatic N) is 3. The average molecular weight is 365 g/mol. The van der Waals surface area contributed by atoms with Gasteiger partial charge in [0.15, 0.2) is 9.84 Å². The van der Waals surface area contributed by atoms with Crippen molar-refractivity contribution in [2.24, 2.45) is 0 Å². The summed E-state index contributed by atoms with van der Waals surface area (Å²) in [5, 5.41) is 0. The van der Waals surface area contributed by atoms with Crippen LogP contribution in [0.4, 0.5) is 5.69 Å². The second-order valence-electron chi connectivity index (χ2n) is 6.99. The Morgan fingerprint density at radius 3 is 2.44 bits per heavy atom. The van der Waals surface area contributed by atoms with E-state index in [0.717, 1.165) is 26.2 Å². The van der Waals surface area contributed by atoms with Crippen molar-refractivity contribution in [1.82, 2.24) is 9.80 Å². The maximum atomic E-state index is 12.5. The largest absolute Gasteiger partial charge is 0.368 e. The van der Waals surface area contributed by atoms with Crippen molar-refractivity contribution in [3.8, 4) is 0 Å². The summed E-state index contributed by atoms with van der Waals surface area (Å²) in [4.78, 5) is 18.7. The summed E-state index contributed by atoms with van der Waals surface area (Å²) < 4.78 is 23.1. The lowest BCUT2D eigenvalue weighted by Crippen LogP contribution is -2.49. The first kappa shape index (κ1) is 18.2. The lowest BCUT2D eigenvalue weighted by molar-refractivity contribution is -0.131. The third kappa shape index (κ3) is 4.73. The maximum Gasteiger partial charge on any atom is 0.223 e. The molecule has 0 N–H and O–H groups in total. The Kier molecular flexibility index (Phi) is 5.64. The fourth-order valence-electron chi connectivity index (χ4n) is 3.59. The Bertz CT molecular complexity index is 685. The molecular weight excluding hydrogens is 338 g/mol. The highest BCUT2D eigenvalue weighted by Gasteiger charge is 2.31. The normalized spacial score (nSPS) is 23.2. The van der Waals surface area contributed by atoms with Crippen molar-refractivity contribution in [3.05, 3.63) is 30.3 Å². The van der Waals surface area contributed by atoms with E-state index in [1.54, 1.807) is 0 Å². The fraction of sp³-hybridized carbons (Fsp3) is 0.611. The summed E-state index contributed by atoms with van der Waals surface area (Å²) in [5.74, 6) is 0.672. The van der Waals surface area contributed by atoms with E-state index >= 15 is 0 Å². The van der Waals surface area contributed by atoms with Crippen LogP contribution < -0.4 is 4.90 Å². The molecule has 1 aromatic carbocycles. The van der Waals surface area contributed by atoms with Gasteiger partial charge in [-0.25, -0.2) is 8.42 Å². The highest BCUT2D eigenvalue weighted by molar-refractivity contribution is 7.91. The summed E-state index contributed by atoms with van der Waals surface area (Å²) in [6.45, 7) is 3.82. The van der Waals surface area contributed by atoms with Crippen molar-refractivity contribution in [1.29, 1.82) is 0 Å². The molecule has 2 saturated heterocycles. The Morgan fingerprint density at radius 1 is 1.16 bits per heavy atom. The van der Waals surface area contributed by atoms with E-state index in [2.05, 4.69) is 17.0 Å². The standard InChI is InChI=1S/C18H27N3O3S/c1-19(17-8-14-25(23,24)15-17)9-7-18(22)21-12-10-20(11-13-21)16-5-3-2-4-6-16/h2-6,17H,7-15H2,1H3. The summed E-state index contributed by atoms with van der Waals surface area (Å²) >= 11 is 0. The van der Waals surface area contributed by atoms with Gasteiger partial charge < -0.3 is 14.7 Å². The predicted octanol–water partition coefficient (Wildman–Crippen LogP) is 0.844. The summed E-state index contributed by atoms with van der Waals surface area (Å²) in [6.07, 6.45) is 1.14. The number of amides is 1. The second-order valence-corrected chi connectivity index (χ2v) is 9.22. The number of benzene rings is 1. The third-order valence-electron chi connectivity index (χ3n) is 5.26. The predicted molar refractivity (Wildman–Crippen MR) is 99.5 cm³/mol. The van der Waals surface area contributed by atoms with Crippen LogP contribution >= 0.6 is 0 Å². The minimum absolute atomic E-state index is 0.0627. The topological polar surface area (TPSA) is 60.9 Å². The second kappa shape index (κ2) is 7.74. The maximum absolute atomic E-state index is 12.5. The summed E-state index contributed by atoms with van der Waals surface area (Å²) in [6, 6.07) is 10.3. The minimum Gasteiger partial charge on any atom is -0.368 e. The van der Waals surface area contributed by atoms with E-state index in [9.17, 15) is 13.2 Å². The average Bonchev–Trinajstić information content (AvgIpc) is 3.00. The Hall–Kier alpha value is -1.60. The number of carbonyl (C=O) groups is 1. The highest BCUT2D eigenvalue weighted by atomic mass is 32.2. The molecule has 0 aliphatic carbocycles. The van der Waals surface area contributed by atoms with Crippen molar-refractivity contribution in [2.75, 3.05) is 56.2 Å². The Balaban J connectivity index is 1.42. The number of rotatable bonds is 5. The molecule has 2 heterocycles. The molecule has 138 valence electrons. The molecule has 0 bridgehead atoms. The molecule has 2 aliphatic rings. The molecule has 3 rings (SSSR count). The van der Waals surface area contributed by atoms with Crippen LogP contribution in [0.1, 0.15) is 12.8 Å². The molecule has 0 spiro atoms. The molecule has 0 saturated carbocycles. The zero-order valence-electron chi connectivity index (χ0n) is 14.8. The number of carbonyl (C=O) groups excluding carboxylic acids is 1. The number of sulfone groups is 1. The van der Waals surface area contributed by atoms with Gasteiger partial charge in [-0.3, -0.25) is 4.79 Å². The van der Waals surface area contributed by atoms with E-state index in [1.807, 2.05) is 35.0 Å². The first-order chi connectivity index (χ1) is 11.9. The van der Waals surface area contributed by atoms with Crippen molar-refractivity contribution in [2.45, 2.75) is 18.9 Å². The van der Waals surface area contributed by atoms with Gasteiger partial charge in [-0.05, 0) is 25.6 Å². The molecule has 1 aromatic rings. The molecule has 2 fully saturated rings. The van der Waals surface area contributed by atoms with Gasteiger partial charge in [0.2, 0.25) is 5.91 Å². The van der Waals surface area contributed by atoms with Gasteiger partial charge in [-0.1, -0.05) is 18.2 Å². The number of para-hydroxylation sites is 1. The van der Waals surface area contributed by atoms with Crippen molar-refractivity contribution >= 4 is 21.4 Å². The minimum atomic E-state index is -2.87. The highest BCUT2D eigenvalue weighted by Crippen LogP contribution is 2.18. The monoisotopic (exact) mass is 365 g/mol. The van der Waals surface area contributed by atoms with Gasteiger partial charge >= 0.3 is 0 Å². The molecular formula is C18H27N3O3S. The number of piperazine rings is 1. The molecule has 25 heavy (non-hydrogen) atoms. The summed E-state index contributed by atoms with van der Waals surface area (Å²) in [5.41, 5.74) is 1.21. The molecule has 1 atom stereocenters. The number of hydrogen-bond acceptors (Lipinski definition) is 5.